The van der Waals surface area contributed by atoms with E-state index >= 15 is 0 Å². The van der Waals surface area contributed by atoms with Crippen molar-refractivity contribution < 1.29 is 19.4 Å². The first-order valence-electron chi connectivity index (χ1n) is 5.85. The molecule has 17 heavy (non-hydrogen) atoms. The lowest BCUT2D eigenvalue weighted by Crippen LogP contribution is -2.47. The van der Waals surface area contributed by atoms with Crippen LogP contribution in [0, 0.1) is 5.92 Å². The molecular weight excluding hydrogens is 224 g/mol. The summed E-state index contributed by atoms with van der Waals surface area (Å²) in [6, 6.07) is -0.660. The van der Waals surface area contributed by atoms with Gasteiger partial charge in [0.05, 0.1) is 13.0 Å². The van der Waals surface area contributed by atoms with Crippen LogP contribution in [0.15, 0.2) is 0 Å². The van der Waals surface area contributed by atoms with Crippen LogP contribution in [0.5, 0.6) is 0 Å². The molecule has 0 radical (unpaired) electrons. The highest BCUT2D eigenvalue weighted by Gasteiger charge is 2.23. The Morgan fingerprint density at radius 1 is 1.41 bits per heavy atom. The second kappa shape index (κ2) is 6.44. The first-order valence-corrected chi connectivity index (χ1v) is 5.85. The van der Waals surface area contributed by atoms with Gasteiger partial charge in [0.25, 0.3) is 0 Å². The molecule has 0 aromatic heterocycles. The summed E-state index contributed by atoms with van der Waals surface area (Å²) in [5, 5.41) is 14.0. The molecule has 1 aliphatic rings. The summed E-state index contributed by atoms with van der Waals surface area (Å²) in [6.45, 7) is 5.01. The molecule has 1 aliphatic heterocycles. The van der Waals surface area contributed by atoms with Crippen molar-refractivity contribution in [3.8, 4) is 0 Å². The fourth-order valence-corrected chi connectivity index (χ4v) is 1.85. The van der Waals surface area contributed by atoms with E-state index in [0.717, 1.165) is 13.0 Å². The third-order valence-electron chi connectivity index (χ3n) is 2.89. The normalized spacial score (nSPS) is 22.8. The Labute approximate surface area is 101 Å². The van der Waals surface area contributed by atoms with Gasteiger partial charge < -0.3 is 20.5 Å². The summed E-state index contributed by atoms with van der Waals surface area (Å²) < 4.78 is 5.24. The number of ether oxygens (including phenoxy) is 1. The van der Waals surface area contributed by atoms with Crippen LogP contribution in [0.4, 0.5) is 4.79 Å². The monoisotopic (exact) mass is 244 g/mol. The van der Waals surface area contributed by atoms with Gasteiger partial charge in [-0.15, -0.1) is 0 Å². The molecule has 0 aromatic carbocycles. The van der Waals surface area contributed by atoms with E-state index in [1.54, 1.807) is 6.92 Å². The summed E-state index contributed by atoms with van der Waals surface area (Å²) in [7, 11) is 0. The number of carboxylic acids is 1. The number of aliphatic carboxylic acids is 1. The molecule has 1 heterocycles. The van der Waals surface area contributed by atoms with Crippen LogP contribution >= 0.6 is 0 Å². The Morgan fingerprint density at radius 3 is 2.65 bits per heavy atom. The number of carbonyl (C=O) groups is 2. The Balaban J connectivity index is 2.25. The predicted molar refractivity (Wildman–Crippen MR) is 61.8 cm³/mol. The minimum atomic E-state index is -0.921. The average Bonchev–Trinajstić information content (AvgIpc) is 2.67. The van der Waals surface area contributed by atoms with Crippen LogP contribution in [-0.2, 0) is 9.53 Å². The van der Waals surface area contributed by atoms with Crippen molar-refractivity contribution in [1.82, 2.24) is 10.6 Å². The van der Waals surface area contributed by atoms with Crippen molar-refractivity contribution in [2.45, 2.75) is 38.8 Å². The summed E-state index contributed by atoms with van der Waals surface area (Å²) in [5.74, 6) is -0.578. The summed E-state index contributed by atoms with van der Waals surface area (Å²) in [4.78, 5) is 22.0. The van der Waals surface area contributed by atoms with E-state index in [-0.39, 0.29) is 24.5 Å². The van der Waals surface area contributed by atoms with E-state index in [9.17, 15) is 9.59 Å². The lowest BCUT2D eigenvalue weighted by atomic mass is 10.0. The number of urea groups is 1. The molecule has 3 N–H and O–H groups in total. The first kappa shape index (κ1) is 13.8. The van der Waals surface area contributed by atoms with Crippen LogP contribution in [0.1, 0.15) is 26.7 Å². The van der Waals surface area contributed by atoms with Crippen molar-refractivity contribution in [3.05, 3.63) is 0 Å². The zero-order valence-corrected chi connectivity index (χ0v) is 10.2. The van der Waals surface area contributed by atoms with Crippen molar-refractivity contribution in [2.24, 2.45) is 5.92 Å². The molecule has 0 aromatic rings. The summed E-state index contributed by atoms with van der Waals surface area (Å²) in [6.07, 6.45) is 0.875. The molecule has 3 unspecified atom stereocenters. The van der Waals surface area contributed by atoms with Crippen LogP contribution < -0.4 is 10.6 Å². The molecule has 1 saturated heterocycles. The molecule has 0 spiro atoms. The minimum absolute atomic E-state index is 0.0366. The van der Waals surface area contributed by atoms with Gasteiger partial charge in [-0.1, -0.05) is 0 Å². The van der Waals surface area contributed by atoms with E-state index in [4.69, 9.17) is 9.84 Å². The van der Waals surface area contributed by atoms with Gasteiger partial charge in [0.1, 0.15) is 0 Å². The van der Waals surface area contributed by atoms with Crippen molar-refractivity contribution >= 4 is 12.0 Å². The SMILES string of the molecule is CC(CC(=O)O)NC(=O)NC(C)C1CCOC1. The average molecular weight is 244 g/mol. The first-order chi connectivity index (χ1) is 7.99. The van der Waals surface area contributed by atoms with Crippen LogP contribution in [-0.4, -0.2) is 42.4 Å². The Morgan fingerprint density at radius 2 is 2.12 bits per heavy atom. The second-order valence-electron chi connectivity index (χ2n) is 4.53. The highest BCUT2D eigenvalue weighted by Crippen LogP contribution is 2.16. The van der Waals surface area contributed by atoms with E-state index < -0.39 is 5.97 Å². The molecule has 0 saturated carbocycles. The fourth-order valence-electron chi connectivity index (χ4n) is 1.85. The number of carbonyl (C=O) groups excluding carboxylic acids is 1. The quantitative estimate of drug-likeness (QED) is 0.660. The van der Waals surface area contributed by atoms with E-state index in [0.29, 0.717) is 12.5 Å². The summed E-state index contributed by atoms with van der Waals surface area (Å²) in [5.41, 5.74) is 0. The lowest BCUT2D eigenvalue weighted by molar-refractivity contribution is -0.137. The molecule has 1 rings (SSSR count). The molecule has 2 amide bonds. The van der Waals surface area contributed by atoms with Gasteiger partial charge in [-0.25, -0.2) is 4.79 Å². The van der Waals surface area contributed by atoms with Gasteiger partial charge in [0.2, 0.25) is 0 Å². The molecule has 98 valence electrons. The zero-order valence-electron chi connectivity index (χ0n) is 10.2. The third kappa shape index (κ3) is 5.04. The molecule has 6 nitrogen and oxygen atoms in total. The Hall–Kier alpha value is -1.30. The highest BCUT2D eigenvalue weighted by atomic mass is 16.5. The van der Waals surface area contributed by atoms with E-state index in [1.807, 2.05) is 6.92 Å². The zero-order chi connectivity index (χ0) is 12.8. The number of hydrogen-bond donors (Lipinski definition) is 3. The molecular formula is C11H20N2O4. The lowest BCUT2D eigenvalue weighted by Gasteiger charge is -2.21. The van der Waals surface area contributed by atoms with Gasteiger partial charge in [0.15, 0.2) is 0 Å². The van der Waals surface area contributed by atoms with Crippen LogP contribution in [0.25, 0.3) is 0 Å². The molecule has 3 atom stereocenters. The van der Waals surface area contributed by atoms with E-state index in [2.05, 4.69) is 10.6 Å². The molecule has 0 aliphatic carbocycles. The van der Waals surface area contributed by atoms with Gasteiger partial charge in [-0.2, -0.15) is 0 Å². The minimum Gasteiger partial charge on any atom is -0.481 e. The Bertz CT molecular complexity index is 277. The molecule has 6 heteroatoms. The van der Waals surface area contributed by atoms with Crippen LogP contribution in [0.2, 0.25) is 0 Å². The number of hydrogen-bond acceptors (Lipinski definition) is 3. The largest absolute Gasteiger partial charge is 0.481 e. The topological polar surface area (TPSA) is 87.7 Å². The molecule has 0 bridgehead atoms. The number of carboxylic acid groups (broad SMARTS) is 1. The van der Waals surface area contributed by atoms with Crippen LogP contribution in [0.3, 0.4) is 0 Å². The highest BCUT2D eigenvalue weighted by molar-refractivity contribution is 5.75. The van der Waals surface area contributed by atoms with Crippen molar-refractivity contribution in [3.63, 3.8) is 0 Å². The third-order valence-corrected chi connectivity index (χ3v) is 2.89. The predicted octanol–water partition coefficient (Wildman–Crippen LogP) is 0.574. The van der Waals surface area contributed by atoms with Gasteiger partial charge in [-0.3, -0.25) is 4.79 Å². The van der Waals surface area contributed by atoms with Gasteiger partial charge >= 0.3 is 12.0 Å². The van der Waals surface area contributed by atoms with Gasteiger partial charge in [0, 0.05) is 24.6 Å². The standard InChI is InChI=1S/C11H20N2O4/c1-7(5-10(14)15)12-11(16)13-8(2)9-3-4-17-6-9/h7-9H,3-6H2,1-2H3,(H,14,15)(H2,12,13,16). The Kier molecular flexibility index (Phi) is 5.21. The fraction of sp³-hybridized carbons (Fsp3) is 0.818. The maximum atomic E-state index is 11.5. The maximum Gasteiger partial charge on any atom is 0.315 e. The second-order valence-corrected chi connectivity index (χ2v) is 4.53. The maximum absolute atomic E-state index is 11.5. The number of nitrogens with one attached hydrogen (secondary N) is 2. The van der Waals surface area contributed by atoms with E-state index in [1.165, 1.54) is 0 Å². The number of amides is 2. The smallest absolute Gasteiger partial charge is 0.315 e. The summed E-state index contributed by atoms with van der Waals surface area (Å²) >= 11 is 0. The van der Waals surface area contributed by atoms with Gasteiger partial charge in [-0.05, 0) is 20.3 Å². The number of rotatable bonds is 5. The van der Waals surface area contributed by atoms with Crippen molar-refractivity contribution in [2.75, 3.05) is 13.2 Å². The molecule has 1 fully saturated rings. The van der Waals surface area contributed by atoms with Crippen molar-refractivity contribution in [1.29, 1.82) is 0 Å².